The summed E-state index contributed by atoms with van der Waals surface area (Å²) in [5, 5.41) is 71.3. The number of H-pyrrole nitrogens is 1. The lowest BCUT2D eigenvalue weighted by Crippen LogP contribution is -2.48. The van der Waals surface area contributed by atoms with Gasteiger partial charge in [-0.05, 0) is 66.1 Å². The molecule has 51 heavy (non-hydrogen) atoms. The molecule has 1 heterocycles. The van der Waals surface area contributed by atoms with Gasteiger partial charge in [-0.25, -0.2) is 9.59 Å². The molecule has 0 spiro atoms. The van der Waals surface area contributed by atoms with Gasteiger partial charge >= 0.3 is 11.9 Å². The molecule has 4 aromatic rings. The molecule has 1 aromatic heterocycles. The summed E-state index contributed by atoms with van der Waals surface area (Å²) in [6.45, 7) is -0.569. The number of hydrogen-bond acceptors (Lipinski definition) is 9. The fourth-order valence-electron chi connectivity index (χ4n) is 6.27. The first-order valence-electron chi connectivity index (χ1n) is 17.0. The topological polar surface area (TPSA) is 233 Å². The molecule has 0 bridgehead atoms. The first kappa shape index (κ1) is 39.2. The SMILES string of the molecule is CNCC(O)C(O)C(O)C(O)CO.O=C(O)c1cc(NC(=O)c2cc(-c3ccc4ccccc4c3)[nH]c2CC2CCCCCC2)cc(C(=O)O)c1. The molecule has 0 aliphatic heterocycles. The van der Waals surface area contributed by atoms with Gasteiger partial charge in [0.05, 0.1) is 29.4 Å². The molecule has 4 atom stereocenters. The Morgan fingerprint density at radius 2 is 1.39 bits per heavy atom. The van der Waals surface area contributed by atoms with Crippen molar-refractivity contribution in [1.29, 1.82) is 0 Å². The molecule has 5 rings (SSSR count). The number of carboxylic acids is 2. The monoisotopic (exact) mass is 705 g/mol. The lowest BCUT2D eigenvalue weighted by atomic mass is 9.93. The molecule has 1 saturated carbocycles. The number of aliphatic hydroxyl groups is 5. The molecule has 1 amide bonds. The van der Waals surface area contributed by atoms with Crippen LogP contribution in [0, 0.1) is 5.92 Å². The largest absolute Gasteiger partial charge is 0.478 e. The van der Waals surface area contributed by atoms with Crippen molar-refractivity contribution in [3.8, 4) is 11.3 Å². The minimum atomic E-state index is -1.55. The molecule has 1 aliphatic rings. The van der Waals surface area contributed by atoms with Crippen molar-refractivity contribution in [2.24, 2.45) is 5.92 Å². The van der Waals surface area contributed by atoms with E-state index in [1.54, 1.807) is 7.05 Å². The van der Waals surface area contributed by atoms with E-state index >= 15 is 0 Å². The highest BCUT2D eigenvalue weighted by Crippen LogP contribution is 2.31. The van der Waals surface area contributed by atoms with Crippen LogP contribution in [0.4, 0.5) is 5.69 Å². The Hall–Kier alpha value is -4.63. The van der Waals surface area contributed by atoms with Crippen molar-refractivity contribution in [1.82, 2.24) is 10.3 Å². The molecule has 3 aromatic carbocycles. The fraction of sp³-hybridized carbons (Fsp3) is 0.395. The number of rotatable bonds is 13. The van der Waals surface area contributed by atoms with Gasteiger partial charge in [0.15, 0.2) is 0 Å². The maximum atomic E-state index is 13.5. The molecule has 10 N–H and O–H groups in total. The number of likely N-dealkylation sites (N-methyl/N-ethyl adjacent to an activating group) is 1. The Bertz CT molecular complexity index is 1750. The molecule has 0 saturated heterocycles. The maximum absolute atomic E-state index is 13.5. The first-order valence-corrected chi connectivity index (χ1v) is 17.0. The van der Waals surface area contributed by atoms with Gasteiger partial charge in [0.25, 0.3) is 5.91 Å². The summed E-state index contributed by atoms with van der Waals surface area (Å²) in [7, 11) is 1.57. The van der Waals surface area contributed by atoms with Gasteiger partial charge in [-0.15, -0.1) is 0 Å². The zero-order valence-electron chi connectivity index (χ0n) is 28.5. The van der Waals surface area contributed by atoms with Gasteiger partial charge in [-0.2, -0.15) is 0 Å². The van der Waals surface area contributed by atoms with Crippen LogP contribution in [0.25, 0.3) is 22.0 Å². The highest BCUT2D eigenvalue weighted by Gasteiger charge is 2.29. The van der Waals surface area contributed by atoms with E-state index in [1.165, 1.54) is 37.8 Å². The summed E-state index contributed by atoms with van der Waals surface area (Å²) in [5.41, 5.74) is 2.83. The molecule has 13 nitrogen and oxygen atoms in total. The summed E-state index contributed by atoms with van der Waals surface area (Å²) >= 11 is 0. The van der Waals surface area contributed by atoms with Crippen LogP contribution in [-0.2, 0) is 6.42 Å². The summed E-state index contributed by atoms with van der Waals surface area (Å²) in [6, 6.07) is 19.7. The van der Waals surface area contributed by atoms with Crippen LogP contribution >= 0.6 is 0 Å². The molecular weight excluding hydrogens is 658 g/mol. The molecule has 4 unspecified atom stereocenters. The molecule has 1 aliphatic carbocycles. The third-order valence-corrected chi connectivity index (χ3v) is 9.10. The molecule has 274 valence electrons. The van der Waals surface area contributed by atoms with E-state index in [9.17, 15) is 29.7 Å². The summed E-state index contributed by atoms with van der Waals surface area (Å²) in [5.74, 6) is -2.47. The Morgan fingerprint density at radius 1 is 0.784 bits per heavy atom. The number of aliphatic hydroxyl groups excluding tert-OH is 5. The number of carboxylic acid groups (broad SMARTS) is 2. The quantitative estimate of drug-likeness (QED) is 0.0903. The maximum Gasteiger partial charge on any atom is 0.335 e. The van der Waals surface area contributed by atoms with E-state index in [2.05, 4.69) is 39.9 Å². The standard InChI is InChI=1S/C31H30N2O5.C7H17NO5/c34-29(32-25-16-23(30(35)36)15-24(17-25)31(37)38)26-18-27(22-12-11-20-9-5-6-10-21(20)14-22)33-28(26)13-19-7-3-1-2-4-8-19;1-8-2-4(10)6(12)7(13)5(11)3-9/h5-6,9-12,14-19,33H,1-4,7-8,13H2,(H,32,34)(H,35,36)(H,37,38);4-13H,2-3H2,1H3. The molecule has 1 fully saturated rings. The summed E-state index contributed by atoms with van der Waals surface area (Å²) < 4.78 is 0. The van der Waals surface area contributed by atoms with E-state index in [0.29, 0.717) is 11.5 Å². The number of benzene rings is 3. The van der Waals surface area contributed by atoms with Crippen LogP contribution in [0.15, 0.2) is 66.7 Å². The van der Waals surface area contributed by atoms with Gasteiger partial charge in [0.2, 0.25) is 0 Å². The lowest BCUT2D eigenvalue weighted by Gasteiger charge is -2.25. The lowest BCUT2D eigenvalue weighted by molar-refractivity contribution is -0.113. The number of anilines is 1. The normalized spacial score (nSPS) is 15.9. The van der Waals surface area contributed by atoms with Crippen LogP contribution < -0.4 is 10.6 Å². The number of amides is 1. The van der Waals surface area contributed by atoms with Crippen LogP contribution in [0.5, 0.6) is 0 Å². The zero-order valence-corrected chi connectivity index (χ0v) is 28.5. The highest BCUT2D eigenvalue weighted by molar-refractivity contribution is 6.07. The molecule has 13 heteroatoms. The number of aromatic amines is 1. The van der Waals surface area contributed by atoms with Gasteiger partial charge in [0, 0.05) is 23.6 Å². The number of fused-ring (bicyclic) bond motifs is 1. The average molecular weight is 706 g/mol. The first-order chi connectivity index (χ1) is 24.4. The van der Waals surface area contributed by atoms with E-state index in [4.69, 9.17) is 20.4 Å². The Balaban J connectivity index is 0.000000383. The third kappa shape index (κ3) is 10.7. The van der Waals surface area contributed by atoms with Crippen molar-refractivity contribution >= 4 is 34.3 Å². The minimum Gasteiger partial charge on any atom is -0.478 e. The number of aromatic carboxylic acids is 2. The van der Waals surface area contributed by atoms with Crippen molar-refractivity contribution < 1.29 is 50.1 Å². The predicted molar refractivity (Wildman–Crippen MR) is 192 cm³/mol. The summed E-state index contributed by atoms with van der Waals surface area (Å²) in [6.07, 6.45) is 2.18. The van der Waals surface area contributed by atoms with Crippen LogP contribution in [-0.4, -0.2) is 103 Å². The molecule has 0 radical (unpaired) electrons. The van der Waals surface area contributed by atoms with Gasteiger partial charge < -0.3 is 51.4 Å². The van der Waals surface area contributed by atoms with Gasteiger partial charge in [-0.1, -0.05) is 74.9 Å². The molecular formula is C38H47N3O10. The average Bonchev–Trinajstić information content (AvgIpc) is 3.38. The smallest absolute Gasteiger partial charge is 0.335 e. The Kier molecular flexibility index (Phi) is 14.3. The van der Waals surface area contributed by atoms with Crippen molar-refractivity contribution in [3.63, 3.8) is 0 Å². The number of nitrogens with one attached hydrogen (secondary N) is 3. The van der Waals surface area contributed by atoms with Gasteiger partial charge in [0.1, 0.15) is 18.3 Å². The number of aromatic nitrogens is 1. The van der Waals surface area contributed by atoms with Crippen molar-refractivity contribution in [2.45, 2.75) is 69.4 Å². The second-order valence-electron chi connectivity index (χ2n) is 12.9. The number of carbonyl (C=O) groups is 3. The van der Waals surface area contributed by atoms with E-state index in [1.807, 2.05) is 24.3 Å². The number of carbonyl (C=O) groups excluding carboxylic acids is 1. The van der Waals surface area contributed by atoms with E-state index in [0.717, 1.165) is 53.1 Å². The predicted octanol–water partition coefficient (Wildman–Crippen LogP) is 3.64. The van der Waals surface area contributed by atoms with E-state index < -0.39 is 48.9 Å². The van der Waals surface area contributed by atoms with Crippen LogP contribution in [0.2, 0.25) is 0 Å². The minimum absolute atomic E-state index is 0.0936. The fourth-order valence-corrected chi connectivity index (χ4v) is 6.27. The van der Waals surface area contributed by atoms with Crippen molar-refractivity contribution in [2.75, 3.05) is 25.5 Å². The number of hydrogen-bond donors (Lipinski definition) is 10. The highest BCUT2D eigenvalue weighted by atomic mass is 16.4. The summed E-state index contributed by atoms with van der Waals surface area (Å²) in [4.78, 5) is 40.1. The third-order valence-electron chi connectivity index (χ3n) is 9.10. The van der Waals surface area contributed by atoms with E-state index in [-0.39, 0.29) is 23.4 Å². The Labute approximate surface area is 295 Å². The zero-order chi connectivity index (χ0) is 37.1. The second-order valence-corrected chi connectivity index (χ2v) is 12.9. The van der Waals surface area contributed by atoms with Gasteiger partial charge in [-0.3, -0.25) is 4.79 Å². The van der Waals surface area contributed by atoms with Crippen molar-refractivity contribution in [3.05, 3.63) is 89.1 Å². The Morgan fingerprint density at radius 3 is 1.98 bits per heavy atom. The van der Waals surface area contributed by atoms with Crippen LogP contribution in [0.1, 0.15) is 75.3 Å². The van der Waals surface area contributed by atoms with Crippen LogP contribution in [0.3, 0.4) is 0 Å². The second kappa shape index (κ2) is 18.6.